The molecule has 0 aromatic carbocycles. The molecule has 0 N–H and O–H groups in total. The van der Waals surface area contributed by atoms with Gasteiger partial charge in [0.05, 0.1) is 6.61 Å². The number of hydrogen-bond acceptors (Lipinski definition) is 4. The average Bonchev–Trinajstić information content (AvgIpc) is 2.83. The van der Waals surface area contributed by atoms with Gasteiger partial charge in [0.25, 0.3) is 0 Å². The van der Waals surface area contributed by atoms with E-state index < -0.39 is 5.60 Å². The average molecular weight is 228 g/mol. The number of hydrogen-bond donors (Lipinski definition) is 0. The number of carbonyl (C=O) groups is 1. The van der Waals surface area contributed by atoms with E-state index in [2.05, 4.69) is 0 Å². The summed E-state index contributed by atoms with van der Waals surface area (Å²) in [5.74, 6) is 0.264. The van der Waals surface area contributed by atoms with E-state index in [1.807, 2.05) is 6.92 Å². The Morgan fingerprint density at radius 2 is 2.06 bits per heavy atom. The van der Waals surface area contributed by atoms with Gasteiger partial charge < -0.3 is 14.2 Å². The van der Waals surface area contributed by atoms with E-state index in [9.17, 15) is 4.79 Å². The molecule has 4 heteroatoms. The number of ketones is 1. The van der Waals surface area contributed by atoms with Crippen LogP contribution in [0.4, 0.5) is 0 Å². The molecule has 2 rings (SSSR count). The van der Waals surface area contributed by atoms with Crippen molar-refractivity contribution in [3.8, 4) is 0 Å². The highest BCUT2D eigenvalue weighted by molar-refractivity contribution is 5.90. The Balaban J connectivity index is 2.07. The minimum atomic E-state index is -0.592. The van der Waals surface area contributed by atoms with Crippen LogP contribution in [-0.4, -0.2) is 44.4 Å². The second-order valence-corrected chi connectivity index (χ2v) is 4.46. The van der Waals surface area contributed by atoms with Crippen molar-refractivity contribution in [1.29, 1.82) is 0 Å². The lowest BCUT2D eigenvalue weighted by Crippen LogP contribution is -2.49. The Kier molecular flexibility index (Phi) is 3.95. The first-order chi connectivity index (χ1) is 7.78. The maximum atomic E-state index is 12.5. The highest BCUT2D eigenvalue weighted by Gasteiger charge is 2.44. The largest absolute Gasteiger partial charge is 0.381 e. The van der Waals surface area contributed by atoms with Crippen LogP contribution < -0.4 is 0 Å². The lowest BCUT2D eigenvalue weighted by Gasteiger charge is -2.36. The molecule has 16 heavy (non-hydrogen) atoms. The zero-order chi connectivity index (χ0) is 11.4. The van der Waals surface area contributed by atoms with Gasteiger partial charge in [0.1, 0.15) is 5.60 Å². The fraction of sp³-hybridized carbons (Fsp3) is 0.917. The fourth-order valence-corrected chi connectivity index (χ4v) is 2.55. The maximum Gasteiger partial charge on any atom is 0.170 e. The summed E-state index contributed by atoms with van der Waals surface area (Å²) in [6.07, 6.45) is 2.22. The molecule has 2 aliphatic heterocycles. The molecule has 2 saturated heterocycles. The summed E-state index contributed by atoms with van der Waals surface area (Å²) in [7, 11) is 0. The molecule has 2 heterocycles. The van der Waals surface area contributed by atoms with E-state index >= 15 is 0 Å². The molecule has 1 unspecified atom stereocenters. The molecule has 0 spiro atoms. The summed E-state index contributed by atoms with van der Waals surface area (Å²) in [4.78, 5) is 12.5. The van der Waals surface area contributed by atoms with Crippen molar-refractivity contribution >= 4 is 5.78 Å². The summed E-state index contributed by atoms with van der Waals surface area (Å²) in [6.45, 7) is 5.04. The minimum absolute atomic E-state index is 0.0321. The van der Waals surface area contributed by atoms with Crippen molar-refractivity contribution in [2.75, 3.05) is 33.0 Å². The summed E-state index contributed by atoms with van der Waals surface area (Å²) >= 11 is 0. The van der Waals surface area contributed by atoms with Crippen molar-refractivity contribution in [1.82, 2.24) is 0 Å². The van der Waals surface area contributed by atoms with E-state index in [1.165, 1.54) is 0 Å². The van der Waals surface area contributed by atoms with Crippen LogP contribution in [0.15, 0.2) is 0 Å². The smallest absolute Gasteiger partial charge is 0.170 e. The van der Waals surface area contributed by atoms with Crippen LogP contribution in [0.2, 0.25) is 0 Å². The molecule has 0 saturated carbocycles. The van der Waals surface area contributed by atoms with Crippen molar-refractivity contribution in [2.45, 2.75) is 31.8 Å². The number of rotatable bonds is 4. The fourth-order valence-electron chi connectivity index (χ4n) is 2.55. The Bertz CT molecular complexity index is 234. The molecule has 2 aliphatic rings. The SMILES string of the molecule is CCOC1(C(=O)C2CCOC2)CCOCC1. The second-order valence-electron chi connectivity index (χ2n) is 4.46. The Labute approximate surface area is 96.2 Å². The van der Waals surface area contributed by atoms with E-state index in [0.29, 0.717) is 45.9 Å². The topological polar surface area (TPSA) is 44.8 Å². The van der Waals surface area contributed by atoms with E-state index in [0.717, 1.165) is 6.42 Å². The summed E-state index contributed by atoms with van der Waals surface area (Å²) in [5.41, 5.74) is -0.592. The van der Waals surface area contributed by atoms with Gasteiger partial charge in [-0.2, -0.15) is 0 Å². The summed E-state index contributed by atoms with van der Waals surface area (Å²) in [6, 6.07) is 0. The molecule has 92 valence electrons. The second kappa shape index (κ2) is 5.25. The summed E-state index contributed by atoms with van der Waals surface area (Å²) in [5, 5.41) is 0. The van der Waals surface area contributed by atoms with Crippen LogP contribution in [0, 0.1) is 5.92 Å². The molecule has 0 amide bonds. The third-order valence-corrected chi connectivity index (χ3v) is 3.47. The lowest BCUT2D eigenvalue weighted by atomic mass is 9.82. The minimum Gasteiger partial charge on any atom is -0.381 e. The van der Waals surface area contributed by atoms with Crippen molar-refractivity contribution < 1.29 is 19.0 Å². The van der Waals surface area contributed by atoms with Crippen LogP contribution in [-0.2, 0) is 19.0 Å². The van der Waals surface area contributed by atoms with Crippen molar-refractivity contribution in [3.05, 3.63) is 0 Å². The molecule has 2 fully saturated rings. The van der Waals surface area contributed by atoms with E-state index in [-0.39, 0.29) is 11.7 Å². The molecule has 0 aromatic heterocycles. The van der Waals surface area contributed by atoms with Gasteiger partial charge in [-0.25, -0.2) is 0 Å². The van der Waals surface area contributed by atoms with Crippen LogP contribution in [0.3, 0.4) is 0 Å². The predicted octanol–water partition coefficient (Wildman–Crippen LogP) is 1.18. The van der Waals surface area contributed by atoms with Gasteiger partial charge in [-0.1, -0.05) is 0 Å². The van der Waals surface area contributed by atoms with Gasteiger partial charge in [0.15, 0.2) is 5.78 Å². The van der Waals surface area contributed by atoms with Gasteiger partial charge in [-0.3, -0.25) is 4.79 Å². The quantitative estimate of drug-likeness (QED) is 0.724. The van der Waals surface area contributed by atoms with Gasteiger partial charge in [0.2, 0.25) is 0 Å². The van der Waals surface area contributed by atoms with E-state index in [4.69, 9.17) is 14.2 Å². The van der Waals surface area contributed by atoms with E-state index in [1.54, 1.807) is 0 Å². The molecule has 0 aromatic rings. The zero-order valence-electron chi connectivity index (χ0n) is 9.87. The lowest BCUT2D eigenvalue weighted by molar-refractivity contribution is -0.161. The molecule has 0 aliphatic carbocycles. The van der Waals surface area contributed by atoms with Gasteiger partial charge in [0, 0.05) is 45.2 Å². The van der Waals surface area contributed by atoms with Gasteiger partial charge in [-0.05, 0) is 13.3 Å². The van der Waals surface area contributed by atoms with Gasteiger partial charge in [-0.15, -0.1) is 0 Å². The zero-order valence-corrected chi connectivity index (χ0v) is 9.87. The van der Waals surface area contributed by atoms with Crippen molar-refractivity contribution in [3.63, 3.8) is 0 Å². The predicted molar refractivity (Wildman–Crippen MR) is 58.3 cm³/mol. The van der Waals surface area contributed by atoms with Crippen LogP contribution in [0.5, 0.6) is 0 Å². The number of Topliss-reactive ketones (excluding diaryl/α,β-unsaturated/α-hetero) is 1. The molecule has 0 radical (unpaired) electrons. The highest BCUT2D eigenvalue weighted by atomic mass is 16.5. The molecule has 4 nitrogen and oxygen atoms in total. The number of carbonyl (C=O) groups excluding carboxylic acids is 1. The highest BCUT2D eigenvalue weighted by Crippen LogP contribution is 2.31. The van der Waals surface area contributed by atoms with Gasteiger partial charge >= 0.3 is 0 Å². The third kappa shape index (κ3) is 2.29. The molecular formula is C12H20O4. The Hall–Kier alpha value is -0.450. The Morgan fingerprint density at radius 3 is 2.62 bits per heavy atom. The number of ether oxygens (including phenoxy) is 3. The van der Waals surface area contributed by atoms with Crippen molar-refractivity contribution in [2.24, 2.45) is 5.92 Å². The monoisotopic (exact) mass is 228 g/mol. The van der Waals surface area contributed by atoms with Crippen LogP contribution >= 0.6 is 0 Å². The normalized spacial score (nSPS) is 29.2. The first kappa shape index (κ1) is 12.0. The first-order valence-electron chi connectivity index (χ1n) is 6.12. The Morgan fingerprint density at radius 1 is 1.31 bits per heavy atom. The first-order valence-corrected chi connectivity index (χ1v) is 6.12. The molecule has 0 bridgehead atoms. The molecular weight excluding hydrogens is 208 g/mol. The standard InChI is InChI=1S/C12H20O4/c1-2-16-12(4-7-14-8-5-12)11(13)10-3-6-15-9-10/h10H,2-9H2,1H3. The molecule has 1 atom stereocenters. The van der Waals surface area contributed by atoms with Crippen LogP contribution in [0.1, 0.15) is 26.2 Å². The summed E-state index contributed by atoms with van der Waals surface area (Å²) < 4.78 is 16.4. The van der Waals surface area contributed by atoms with Crippen LogP contribution in [0.25, 0.3) is 0 Å². The maximum absolute atomic E-state index is 12.5. The third-order valence-electron chi connectivity index (χ3n) is 3.47.